The Morgan fingerprint density at radius 3 is 2.34 bits per heavy atom. The van der Waals surface area contributed by atoms with Crippen molar-refractivity contribution in [3.8, 4) is 0 Å². The molecule has 1 aromatic carbocycles. The maximum atomic E-state index is 12.9. The van der Waals surface area contributed by atoms with Crippen LogP contribution >= 0.6 is 0 Å². The molecule has 2 saturated heterocycles. The van der Waals surface area contributed by atoms with E-state index >= 15 is 0 Å². The molecular formula is C23H35N3O5S. The second-order valence-corrected chi connectivity index (χ2v) is 11.0. The number of benzene rings is 1. The fourth-order valence-corrected chi connectivity index (χ4v) is 5.62. The van der Waals surface area contributed by atoms with Gasteiger partial charge in [0.1, 0.15) is 6.04 Å². The second kappa shape index (κ2) is 10.8. The Morgan fingerprint density at radius 2 is 1.78 bits per heavy atom. The Balaban J connectivity index is 1.53. The zero-order valence-electron chi connectivity index (χ0n) is 19.2. The average Bonchev–Trinajstić information content (AvgIpc) is 3.29. The Bertz CT molecular complexity index is 887. The van der Waals surface area contributed by atoms with Gasteiger partial charge in [0.2, 0.25) is 21.8 Å². The molecule has 2 fully saturated rings. The number of hydrogen-bond donors (Lipinski definition) is 2. The number of aryl methyl sites for hydroxylation is 1. The van der Waals surface area contributed by atoms with Gasteiger partial charge in [-0.15, -0.1) is 0 Å². The molecule has 2 heterocycles. The molecule has 0 bridgehead atoms. The van der Waals surface area contributed by atoms with Gasteiger partial charge in [0, 0.05) is 32.2 Å². The normalized spacial score (nSPS) is 21.4. The molecule has 0 aromatic heterocycles. The van der Waals surface area contributed by atoms with Crippen molar-refractivity contribution in [2.45, 2.75) is 63.5 Å². The Kier molecular flexibility index (Phi) is 8.30. The first-order valence-electron chi connectivity index (χ1n) is 11.4. The molecule has 9 heteroatoms. The van der Waals surface area contributed by atoms with Gasteiger partial charge in [0.05, 0.1) is 11.0 Å². The lowest BCUT2D eigenvalue weighted by molar-refractivity contribution is -0.133. The largest absolute Gasteiger partial charge is 0.376 e. The van der Waals surface area contributed by atoms with E-state index in [9.17, 15) is 18.0 Å². The van der Waals surface area contributed by atoms with Crippen LogP contribution in [0.1, 0.15) is 45.1 Å². The van der Waals surface area contributed by atoms with Crippen LogP contribution in [0, 0.1) is 18.8 Å². The van der Waals surface area contributed by atoms with Crippen molar-refractivity contribution in [1.29, 1.82) is 0 Å². The summed E-state index contributed by atoms with van der Waals surface area (Å²) in [6.45, 7) is 7.45. The molecule has 2 atom stereocenters. The topological polar surface area (TPSA) is 105 Å². The van der Waals surface area contributed by atoms with Gasteiger partial charge >= 0.3 is 0 Å². The number of nitrogens with zero attached hydrogens (tertiary/aromatic N) is 1. The minimum absolute atomic E-state index is 0.0438. The van der Waals surface area contributed by atoms with Crippen LogP contribution in [0.3, 0.4) is 0 Å². The van der Waals surface area contributed by atoms with E-state index in [2.05, 4.69) is 10.6 Å². The summed E-state index contributed by atoms with van der Waals surface area (Å²) in [5.74, 6) is -0.774. The maximum Gasteiger partial charge on any atom is 0.243 e. The van der Waals surface area contributed by atoms with Crippen LogP contribution in [0.4, 0.5) is 0 Å². The molecule has 2 N–H and O–H groups in total. The van der Waals surface area contributed by atoms with Crippen molar-refractivity contribution in [2.24, 2.45) is 11.8 Å². The maximum absolute atomic E-state index is 12.9. The fraction of sp³-hybridized carbons (Fsp3) is 0.652. The summed E-state index contributed by atoms with van der Waals surface area (Å²) in [6.07, 6.45) is 2.84. The van der Waals surface area contributed by atoms with Crippen LogP contribution in [0.5, 0.6) is 0 Å². The number of carbonyl (C=O) groups is 2. The molecule has 2 aliphatic rings. The average molecular weight is 466 g/mol. The number of carbonyl (C=O) groups excluding carboxylic acids is 2. The highest BCUT2D eigenvalue weighted by Gasteiger charge is 2.34. The van der Waals surface area contributed by atoms with E-state index in [0.29, 0.717) is 19.4 Å². The third kappa shape index (κ3) is 6.08. The van der Waals surface area contributed by atoms with Gasteiger partial charge in [-0.1, -0.05) is 31.5 Å². The van der Waals surface area contributed by atoms with E-state index in [1.165, 1.54) is 4.31 Å². The lowest BCUT2D eigenvalue weighted by Gasteiger charge is -2.32. The standard InChI is InChI=1S/C23H35N3O5S/c1-16(2)21(23(28)24-15-19-5-4-14-31-19)25-22(27)18-10-12-26(13-11-18)32(29,30)20-8-6-17(3)7-9-20/h6-9,16,18-19,21H,4-5,10-15H2,1-3H3,(H,24,28)(H,25,27)/t19-,21-/m1/s1. The van der Waals surface area contributed by atoms with E-state index in [4.69, 9.17) is 4.74 Å². The van der Waals surface area contributed by atoms with Gasteiger partial charge in [-0.3, -0.25) is 9.59 Å². The van der Waals surface area contributed by atoms with E-state index in [1.807, 2.05) is 20.8 Å². The van der Waals surface area contributed by atoms with Gasteiger partial charge < -0.3 is 15.4 Å². The Morgan fingerprint density at radius 1 is 1.12 bits per heavy atom. The van der Waals surface area contributed by atoms with E-state index in [1.54, 1.807) is 24.3 Å². The number of piperidine rings is 1. The predicted octanol–water partition coefficient (Wildman–Crippen LogP) is 1.83. The van der Waals surface area contributed by atoms with Crippen molar-refractivity contribution in [3.05, 3.63) is 29.8 Å². The molecule has 0 saturated carbocycles. The van der Waals surface area contributed by atoms with Crippen molar-refractivity contribution in [3.63, 3.8) is 0 Å². The SMILES string of the molecule is Cc1ccc(S(=O)(=O)N2CCC(C(=O)N[C@@H](C(=O)NC[C@H]3CCCO3)C(C)C)CC2)cc1. The van der Waals surface area contributed by atoms with Crippen LogP contribution in [-0.2, 0) is 24.3 Å². The molecule has 0 radical (unpaired) electrons. The Hall–Kier alpha value is -1.97. The minimum atomic E-state index is -3.57. The van der Waals surface area contributed by atoms with Gasteiger partial charge in [0.25, 0.3) is 0 Å². The molecule has 0 unspecified atom stereocenters. The van der Waals surface area contributed by atoms with Crippen LogP contribution in [0.25, 0.3) is 0 Å². The summed E-state index contributed by atoms with van der Waals surface area (Å²) in [6, 6.07) is 6.17. The molecule has 178 valence electrons. The van der Waals surface area contributed by atoms with Crippen molar-refractivity contribution in [2.75, 3.05) is 26.2 Å². The molecular weight excluding hydrogens is 430 g/mol. The zero-order valence-corrected chi connectivity index (χ0v) is 20.0. The van der Waals surface area contributed by atoms with Crippen LogP contribution < -0.4 is 10.6 Å². The summed E-state index contributed by atoms with van der Waals surface area (Å²) < 4.78 is 32.7. The summed E-state index contributed by atoms with van der Waals surface area (Å²) in [7, 11) is -3.57. The third-order valence-electron chi connectivity index (χ3n) is 6.26. The van der Waals surface area contributed by atoms with Gasteiger partial charge in [-0.05, 0) is 50.7 Å². The fourth-order valence-electron chi connectivity index (χ4n) is 4.15. The second-order valence-electron chi connectivity index (χ2n) is 9.10. The van der Waals surface area contributed by atoms with Gasteiger partial charge in [-0.2, -0.15) is 4.31 Å². The summed E-state index contributed by atoms with van der Waals surface area (Å²) in [4.78, 5) is 25.8. The summed E-state index contributed by atoms with van der Waals surface area (Å²) in [5, 5.41) is 5.79. The summed E-state index contributed by atoms with van der Waals surface area (Å²) in [5.41, 5.74) is 0.999. The highest BCUT2D eigenvalue weighted by atomic mass is 32.2. The molecule has 2 aliphatic heterocycles. The molecule has 8 nitrogen and oxygen atoms in total. The van der Waals surface area contributed by atoms with E-state index in [0.717, 1.165) is 25.0 Å². The van der Waals surface area contributed by atoms with Gasteiger partial charge in [-0.25, -0.2) is 8.42 Å². The number of hydrogen-bond acceptors (Lipinski definition) is 5. The zero-order chi connectivity index (χ0) is 23.3. The monoisotopic (exact) mass is 465 g/mol. The molecule has 0 spiro atoms. The van der Waals surface area contributed by atoms with Crippen molar-refractivity contribution < 1.29 is 22.7 Å². The number of nitrogens with one attached hydrogen (secondary N) is 2. The smallest absolute Gasteiger partial charge is 0.243 e. The third-order valence-corrected chi connectivity index (χ3v) is 8.17. The highest BCUT2D eigenvalue weighted by molar-refractivity contribution is 7.89. The first kappa shape index (κ1) is 24.7. The molecule has 1 aromatic rings. The number of sulfonamides is 1. The predicted molar refractivity (Wildman–Crippen MR) is 121 cm³/mol. The number of amides is 2. The first-order valence-corrected chi connectivity index (χ1v) is 12.9. The first-order chi connectivity index (χ1) is 15.2. The number of ether oxygens (including phenoxy) is 1. The molecule has 0 aliphatic carbocycles. The molecule has 32 heavy (non-hydrogen) atoms. The van der Waals surface area contributed by atoms with Crippen LogP contribution in [0.2, 0.25) is 0 Å². The van der Waals surface area contributed by atoms with E-state index < -0.39 is 16.1 Å². The summed E-state index contributed by atoms with van der Waals surface area (Å²) >= 11 is 0. The quantitative estimate of drug-likeness (QED) is 0.610. The van der Waals surface area contributed by atoms with Crippen LogP contribution in [0.15, 0.2) is 29.2 Å². The van der Waals surface area contributed by atoms with Gasteiger partial charge in [0.15, 0.2) is 0 Å². The highest BCUT2D eigenvalue weighted by Crippen LogP contribution is 2.24. The lowest BCUT2D eigenvalue weighted by Crippen LogP contribution is -2.53. The molecule has 3 rings (SSSR count). The van der Waals surface area contributed by atoms with E-state index in [-0.39, 0.29) is 47.7 Å². The number of rotatable bonds is 8. The Labute approximate surface area is 191 Å². The van der Waals surface area contributed by atoms with Crippen molar-refractivity contribution in [1.82, 2.24) is 14.9 Å². The van der Waals surface area contributed by atoms with Crippen LogP contribution in [-0.4, -0.2) is 62.9 Å². The van der Waals surface area contributed by atoms with Crippen molar-refractivity contribution >= 4 is 21.8 Å². The minimum Gasteiger partial charge on any atom is -0.376 e. The lowest BCUT2D eigenvalue weighted by atomic mass is 9.95. The molecule has 2 amide bonds.